The maximum atomic E-state index is 10.8. The molecule has 2 N–H and O–H groups in total. The summed E-state index contributed by atoms with van der Waals surface area (Å²) in [4.78, 5) is 21.8. The van der Waals surface area contributed by atoms with E-state index in [0.29, 0.717) is 17.2 Å². The predicted molar refractivity (Wildman–Crippen MR) is 88.5 cm³/mol. The van der Waals surface area contributed by atoms with E-state index in [1.807, 2.05) is 0 Å². The van der Waals surface area contributed by atoms with Crippen molar-refractivity contribution < 1.29 is 9.90 Å². The van der Waals surface area contributed by atoms with Crippen molar-refractivity contribution in [3.05, 3.63) is 16.8 Å². The number of carbonyl (C=O) groups is 1. The monoisotopic (exact) mass is 319 g/mol. The van der Waals surface area contributed by atoms with E-state index < -0.39 is 5.97 Å². The van der Waals surface area contributed by atoms with Gasteiger partial charge in [-0.05, 0) is 36.2 Å². The Morgan fingerprint density at radius 2 is 2.23 bits per heavy atom. The molecule has 0 spiro atoms. The summed E-state index contributed by atoms with van der Waals surface area (Å²) in [5.41, 5.74) is 1.62. The molecule has 0 fully saturated rings. The molecule has 6 heteroatoms. The van der Waals surface area contributed by atoms with Crippen molar-refractivity contribution in [3.63, 3.8) is 0 Å². The fraction of sp³-hybridized carbons (Fsp3) is 0.562. The van der Waals surface area contributed by atoms with Crippen LogP contribution in [0.5, 0.6) is 0 Å². The molecule has 2 aromatic heterocycles. The van der Waals surface area contributed by atoms with Crippen LogP contribution in [0.15, 0.2) is 6.33 Å². The van der Waals surface area contributed by atoms with Crippen LogP contribution in [0, 0.1) is 11.3 Å². The normalized spacial score (nSPS) is 18.2. The number of hydrogen-bond donors (Lipinski definition) is 2. The molecule has 0 bridgehead atoms. The van der Waals surface area contributed by atoms with Crippen molar-refractivity contribution in [2.75, 3.05) is 11.9 Å². The molecule has 0 radical (unpaired) electrons. The van der Waals surface area contributed by atoms with Crippen LogP contribution in [0.3, 0.4) is 0 Å². The van der Waals surface area contributed by atoms with Gasteiger partial charge in [-0.2, -0.15) is 0 Å². The first kappa shape index (κ1) is 15.2. The van der Waals surface area contributed by atoms with Gasteiger partial charge in [-0.1, -0.05) is 20.8 Å². The van der Waals surface area contributed by atoms with Crippen LogP contribution < -0.4 is 5.32 Å². The van der Waals surface area contributed by atoms with Crippen molar-refractivity contribution in [2.24, 2.45) is 11.3 Å². The summed E-state index contributed by atoms with van der Waals surface area (Å²) in [5.74, 6) is 0.444. The summed E-state index contributed by atoms with van der Waals surface area (Å²) in [5, 5.41) is 12.8. The number of hydrogen-bond acceptors (Lipinski definition) is 5. The zero-order chi connectivity index (χ0) is 15.9. The van der Waals surface area contributed by atoms with E-state index in [0.717, 1.165) is 29.5 Å². The Labute approximate surface area is 133 Å². The molecule has 1 aliphatic rings. The minimum Gasteiger partial charge on any atom is -0.480 e. The van der Waals surface area contributed by atoms with Crippen molar-refractivity contribution in [3.8, 4) is 0 Å². The predicted octanol–water partition coefficient (Wildman–Crippen LogP) is 3.34. The quantitative estimate of drug-likeness (QED) is 0.907. The van der Waals surface area contributed by atoms with Gasteiger partial charge in [0.25, 0.3) is 0 Å². The van der Waals surface area contributed by atoms with E-state index in [1.165, 1.54) is 16.8 Å². The zero-order valence-electron chi connectivity index (χ0n) is 13.1. The Bertz CT molecular complexity index is 718. The highest BCUT2D eigenvalue weighted by atomic mass is 32.1. The summed E-state index contributed by atoms with van der Waals surface area (Å²) in [6.07, 6.45) is 4.77. The highest BCUT2D eigenvalue weighted by molar-refractivity contribution is 7.19. The molecule has 5 nitrogen and oxygen atoms in total. The molecule has 2 heterocycles. The van der Waals surface area contributed by atoms with Crippen molar-refractivity contribution in [1.82, 2.24) is 9.97 Å². The summed E-state index contributed by atoms with van der Waals surface area (Å²) in [6.45, 7) is 6.78. The number of rotatable bonds is 3. The summed E-state index contributed by atoms with van der Waals surface area (Å²) >= 11 is 1.73. The molecular formula is C16H21N3O2S. The molecule has 1 aliphatic carbocycles. The van der Waals surface area contributed by atoms with Crippen LogP contribution in [0.2, 0.25) is 0 Å². The molecule has 0 aromatic carbocycles. The van der Waals surface area contributed by atoms with Gasteiger partial charge in [0.05, 0.1) is 5.39 Å². The van der Waals surface area contributed by atoms with Crippen LogP contribution in [0.25, 0.3) is 10.2 Å². The summed E-state index contributed by atoms with van der Waals surface area (Å²) < 4.78 is 0. The maximum Gasteiger partial charge on any atom is 0.322 e. The third-order valence-corrected chi connectivity index (χ3v) is 5.64. The first-order valence-corrected chi connectivity index (χ1v) is 8.39. The second kappa shape index (κ2) is 5.50. The molecule has 0 amide bonds. The smallest absolute Gasteiger partial charge is 0.322 e. The SMILES string of the molecule is CC(C)(C)C1CCc2c(sc3ncnc(NCC(=O)O)c23)C1. The number of thiophene rings is 1. The van der Waals surface area contributed by atoms with Gasteiger partial charge in [0.1, 0.15) is 23.5 Å². The van der Waals surface area contributed by atoms with Crippen molar-refractivity contribution >= 4 is 33.3 Å². The molecule has 1 atom stereocenters. The Balaban J connectivity index is 1.99. The largest absolute Gasteiger partial charge is 0.480 e. The zero-order valence-corrected chi connectivity index (χ0v) is 14.0. The number of aliphatic carboxylic acids is 1. The number of aromatic nitrogens is 2. The van der Waals surface area contributed by atoms with Gasteiger partial charge in [-0.3, -0.25) is 4.79 Å². The van der Waals surface area contributed by atoms with Gasteiger partial charge in [0.2, 0.25) is 0 Å². The first-order valence-electron chi connectivity index (χ1n) is 7.57. The lowest BCUT2D eigenvalue weighted by Gasteiger charge is -2.33. The third-order valence-electron chi connectivity index (χ3n) is 4.48. The van der Waals surface area contributed by atoms with Gasteiger partial charge in [-0.25, -0.2) is 9.97 Å². The molecular weight excluding hydrogens is 298 g/mol. The molecule has 0 saturated heterocycles. The summed E-state index contributed by atoms with van der Waals surface area (Å²) in [7, 11) is 0. The van der Waals surface area contributed by atoms with Gasteiger partial charge in [-0.15, -0.1) is 11.3 Å². The molecule has 1 unspecified atom stereocenters. The minimum absolute atomic E-state index is 0.124. The Hall–Kier alpha value is -1.69. The second-order valence-electron chi connectivity index (χ2n) is 6.96. The summed E-state index contributed by atoms with van der Waals surface area (Å²) in [6, 6.07) is 0. The third kappa shape index (κ3) is 2.79. The van der Waals surface area contributed by atoms with E-state index in [1.54, 1.807) is 11.3 Å². The minimum atomic E-state index is -0.886. The van der Waals surface area contributed by atoms with E-state index in [2.05, 4.69) is 36.1 Å². The number of carboxylic acid groups (broad SMARTS) is 1. The van der Waals surface area contributed by atoms with Gasteiger partial charge >= 0.3 is 5.97 Å². The van der Waals surface area contributed by atoms with Gasteiger partial charge in [0.15, 0.2) is 0 Å². The average Bonchev–Trinajstić information content (AvgIpc) is 2.82. The Morgan fingerprint density at radius 1 is 1.45 bits per heavy atom. The average molecular weight is 319 g/mol. The number of nitrogens with one attached hydrogen (secondary N) is 1. The highest BCUT2D eigenvalue weighted by Crippen LogP contribution is 2.44. The van der Waals surface area contributed by atoms with Crippen LogP contribution in [-0.4, -0.2) is 27.6 Å². The topological polar surface area (TPSA) is 75.1 Å². The number of nitrogens with zero attached hydrogens (tertiary/aromatic N) is 2. The highest BCUT2D eigenvalue weighted by Gasteiger charge is 2.31. The van der Waals surface area contributed by atoms with Gasteiger partial charge in [0, 0.05) is 4.88 Å². The number of fused-ring (bicyclic) bond motifs is 3. The fourth-order valence-corrected chi connectivity index (χ4v) is 4.41. The van der Waals surface area contributed by atoms with Crippen LogP contribution in [-0.2, 0) is 17.6 Å². The van der Waals surface area contributed by atoms with Gasteiger partial charge < -0.3 is 10.4 Å². The molecule has 22 heavy (non-hydrogen) atoms. The molecule has 0 aliphatic heterocycles. The Kier molecular flexibility index (Phi) is 3.80. The van der Waals surface area contributed by atoms with E-state index >= 15 is 0 Å². The van der Waals surface area contributed by atoms with Crippen LogP contribution in [0.4, 0.5) is 5.82 Å². The molecule has 118 valence electrons. The van der Waals surface area contributed by atoms with E-state index in [-0.39, 0.29) is 6.54 Å². The fourth-order valence-electron chi connectivity index (χ4n) is 3.14. The molecule has 0 saturated carbocycles. The van der Waals surface area contributed by atoms with Crippen molar-refractivity contribution in [2.45, 2.75) is 40.0 Å². The van der Waals surface area contributed by atoms with Crippen LogP contribution >= 0.6 is 11.3 Å². The Morgan fingerprint density at radius 3 is 2.91 bits per heavy atom. The number of carboxylic acids is 1. The van der Waals surface area contributed by atoms with E-state index in [9.17, 15) is 4.79 Å². The number of aryl methyl sites for hydroxylation is 1. The molecule has 2 aromatic rings. The lowest BCUT2D eigenvalue weighted by Crippen LogP contribution is -2.26. The lowest BCUT2D eigenvalue weighted by atomic mass is 9.72. The molecule has 3 rings (SSSR count). The number of anilines is 1. The lowest BCUT2D eigenvalue weighted by molar-refractivity contribution is -0.134. The van der Waals surface area contributed by atoms with Crippen LogP contribution in [0.1, 0.15) is 37.6 Å². The standard InChI is InChI=1S/C16H21N3O2S/c1-16(2,3)9-4-5-10-11(6-9)22-15-13(10)14(18-8-19-15)17-7-12(20)21/h8-9H,4-7H2,1-3H3,(H,20,21)(H,17,18,19). The first-order chi connectivity index (χ1) is 10.4. The van der Waals surface area contributed by atoms with Crippen molar-refractivity contribution in [1.29, 1.82) is 0 Å². The second-order valence-corrected chi connectivity index (χ2v) is 8.04. The van der Waals surface area contributed by atoms with E-state index in [4.69, 9.17) is 5.11 Å². The maximum absolute atomic E-state index is 10.8.